The summed E-state index contributed by atoms with van der Waals surface area (Å²) in [6, 6.07) is 0. The van der Waals surface area contributed by atoms with E-state index in [0.717, 1.165) is 50.8 Å². The Morgan fingerprint density at radius 3 is 2.00 bits per heavy atom. The Morgan fingerprint density at radius 2 is 1.53 bits per heavy atom. The van der Waals surface area contributed by atoms with Crippen molar-refractivity contribution in [2.24, 2.45) is 0 Å². The summed E-state index contributed by atoms with van der Waals surface area (Å²) in [7, 11) is -2.32. The molecule has 3 heteroatoms. The maximum Gasteiger partial charge on any atom is 0.203 e. The first-order valence-corrected chi connectivity index (χ1v) is 9.46. The molecular weight excluding hydrogens is 231 g/mol. The van der Waals surface area contributed by atoms with Crippen molar-refractivity contribution in [1.82, 2.24) is 0 Å². The molecule has 1 aliphatic rings. The van der Waals surface area contributed by atoms with Crippen LogP contribution in [0.3, 0.4) is 0 Å². The largest absolute Gasteiger partial charge is 0.325 e. The number of rotatable bonds is 8. The average molecular weight is 260 g/mol. The molecule has 0 heterocycles. The number of hydrogen-bond donors (Lipinski definition) is 0. The Hall–Kier alpha value is 0.190. The molecule has 0 aromatic rings. The van der Waals surface area contributed by atoms with Crippen LogP contribution in [0.25, 0.3) is 0 Å². The van der Waals surface area contributed by atoms with E-state index in [1.807, 2.05) is 0 Å². The van der Waals surface area contributed by atoms with E-state index in [-0.39, 0.29) is 0 Å². The third-order valence-electron chi connectivity index (χ3n) is 3.60. The van der Waals surface area contributed by atoms with Gasteiger partial charge in [0.1, 0.15) is 0 Å². The van der Waals surface area contributed by atoms with Crippen LogP contribution in [0.1, 0.15) is 71.6 Å². The molecule has 1 rings (SSSR count). The summed E-state index contributed by atoms with van der Waals surface area (Å²) in [5, 5.41) is 0. The first kappa shape index (κ1) is 15.2. The summed E-state index contributed by atoms with van der Waals surface area (Å²) in [6.07, 6.45) is 12.3. The number of unbranched alkanes of at least 4 members (excludes halogenated alkanes) is 2. The lowest BCUT2D eigenvalue weighted by Crippen LogP contribution is -2.17. The highest BCUT2D eigenvalue weighted by molar-refractivity contribution is 7.58. The van der Waals surface area contributed by atoms with Gasteiger partial charge in [0.25, 0.3) is 0 Å². The molecule has 0 aromatic heterocycles. The van der Waals surface area contributed by atoms with E-state index in [0.29, 0.717) is 6.10 Å². The zero-order chi connectivity index (χ0) is 12.6. The van der Waals surface area contributed by atoms with E-state index < -0.39 is 7.37 Å². The smallest absolute Gasteiger partial charge is 0.203 e. The molecule has 0 unspecified atom stereocenters. The highest BCUT2D eigenvalue weighted by Crippen LogP contribution is 2.51. The summed E-state index contributed by atoms with van der Waals surface area (Å²) in [5.41, 5.74) is 0. The quantitative estimate of drug-likeness (QED) is 0.560. The SMILES string of the molecule is CCCCP(=O)(CCCC)OC1CCCCC1. The molecule has 0 bridgehead atoms. The first-order valence-electron chi connectivity index (χ1n) is 7.46. The lowest BCUT2D eigenvalue weighted by atomic mass is 9.98. The lowest BCUT2D eigenvalue weighted by molar-refractivity contribution is 0.157. The van der Waals surface area contributed by atoms with E-state index in [1.165, 1.54) is 19.3 Å². The molecule has 0 radical (unpaired) electrons. The second-order valence-corrected chi connectivity index (χ2v) is 8.07. The summed E-state index contributed by atoms with van der Waals surface area (Å²) in [6.45, 7) is 4.32. The summed E-state index contributed by atoms with van der Waals surface area (Å²) >= 11 is 0. The molecule has 1 aliphatic carbocycles. The van der Waals surface area contributed by atoms with E-state index >= 15 is 0 Å². The molecule has 0 aliphatic heterocycles. The van der Waals surface area contributed by atoms with Crippen LogP contribution < -0.4 is 0 Å². The van der Waals surface area contributed by atoms with Gasteiger partial charge in [-0.05, 0) is 25.7 Å². The van der Waals surface area contributed by atoms with Crippen LogP contribution in [0.4, 0.5) is 0 Å². The molecule has 1 saturated carbocycles. The van der Waals surface area contributed by atoms with E-state index in [9.17, 15) is 4.57 Å². The van der Waals surface area contributed by atoms with E-state index in [2.05, 4.69) is 13.8 Å². The molecule has 1 fully saturated rings. The van der Waals surface area contributed by atoms with E-state index in [1.54, 1.807) is 0 Å². The molecule has 0 N–H and O–H groups in total. The lowest BCUT2D eigenvalue weighted by Gasteiger charge is -2.27. The highest BCUT2D eigenvalue weighted by atomic mass is 31.2. The van der Waals surface area contributed by atoms with Crippen molar-refractivity contribution in [1.29, 1.82) is 0 Å². The van der Waals surface area contributed by atoms with Crippen LogP contribution >= 0.6 is 7.37 Å². The fourth-order valence-electron chi connectivity index (χ4n) is 2.46. The Kier molecular flexibility index (Phi) is 7.46. The zero-order valence-corrected chi connectivity index (χ0v) is 12.5. The van der Waals surface area contributed by atoms with Crippen molar-refractivity contribution in [2.45, 2.75) is 77.7 Å². The van der Waals surface area contributed by atoms with Gasteiger partial charge >= 0.3 is 0 Å². The normalized spacial score (nSPS) is 18.5. The first-order chi connectivity index (χ1) is 8.20. The van der Waals surface area contributed by atoms with Crippen molar-refractivity contribution in [3.05, 3.63) is 0 Å². The van der Waals surface area contributed by atoms with Gasteiger partial charge in [-0.15, -0.1) is 0 Å². The molecule has 0 amide bonds. The summed E-state index contributed by atoms with van der Waals surface area (Å²) in [5.74, 6) is 0. The van der Waals surface area contributed by atoms with Crippen LogP contribution in [0, 0.1) is 0 Å². The monoisotopic (exact) mass is 260 g/mol. The predicted molar refractivity (Wildman–Crippen MR) is 75.1 cm³/mol. The predicted octanol–water partition coefficient (Wildman–Crippen LogP) is 5.21. The standard InChI is InChI=1S/C14H29O2P/c1-3-5-12-17(15,13-6-4-2)16-14-10-8-7-9-11-14/h14H,3-13H2,1-2H3. The molecule has 17 heavy (non-hydrogen) atoms. The van der Waals surface area contributed by atoms with Gasteiger partial charge in [-0.25, -0.2) is 0 Å². The fourth-order valence-corrected chi connectivity index (χ4v) is 5.24. The Bertz CT molecular complexity index is 222. The fraction of sp³-hybridized carbons (Fsp3) is 1.00. The third-order valence-corrected chi connectivity index (χ3v) is 6.28. The van der Waals surface area contributed by atoms with Crippen LogP contribution in [0.2, 0.25) is 0 Å². The van der Waals surface area contributed by atoms with Crippen LogP contribution in [0.15, 0.2) is 0 Å². The minimum absolute atomic E-state index is 0.295. The average Bonchev–Trinajstić information content (AvgIpc) is 2.35. The Labute approximate surface area is 107 Å². The van der Waals surface area contributed by atoms with Crippen molar-refractivity contribution in [3.8, 4) is 0 Å². The number of hydrogen-bond acceptors (Lipinski definition) is 2. The molecule has 102 valence electrons. The second kappa shape index (κ2) is 8.32. The van der Waals surface area contributed by atoms with Gasteiger partial charge in [-0.2, -0.15) is 0 Å². The minimum atomic E-state index is -2.32. The van der Waals surface area contributed by atoms with Gasteiger partial charge in [-0.1, -0.05) is 46.0 Å². The maximum atomic E-state index is 12.8. The molecule has 0 aromatic carbocycles. The van der Waals surface area contributed by atoms with Gasteiger partial charge in [0.2, 0.25) is 7.37 Å². The van der Waals surface area contributed by atoms with Gasteiger partial charge in [0.15, 0.2) is 0 Å². The minimum Gasteiger partial charge on any atom is -0.325 e. The van der Waals surface area contributed by atoms with E-state index in [4.69, 9.17) is 4.52 Å². The van der Waals surface area contributed by atoms with Gasteiger partial charge in [0, 0.05) is 12.3 Å². The highest BCUT2D eigenvalue weighted by Gasteiger charge is 2.27. The summed E-state index contributed by atoms with van der Waals surface area (Å²) in [4.78, 5) is 0. The molecule has 0 spiro atoms. The van der Waals surface area contributed by atoms with Crippen molar-refractivity contribution in [3.63, 3.8) is 0 Å². The molecular formula is C14H29O2P. The second-order valence-electron chi connectivity index (χ2n) is 5.33. The van der Waals surface area contributed by atoms with Gasteiger partial charge in [0.05, 0.1) is 6.10 Å². The van der Waals surface area contributed by atoms with Crippen molar-refractivity contribution in [2.75, 3.05) is 12.3 Å². The molecule has 0 atom stereocenters. The topological polar surface area (TPSA) is 26.3 Å². The Balaban J connectivity index is 2.45. The summed E-state index contributed by atoms with van der Waals surface area (Å²) < 4.78 is 18.8. The van der Waals surface area contributed by atoms with Crippen molar-refractivity contribution >= 4 is 7.37 Å². The van der Waals surface area contributed by atoms with Crippen LogP contribution in [-0.4, -0.2) is 18.4 Å². The maximum absolute atomic E-state index is 12.8. The van der Waals surface area contributed by atoms with Crippen LogP contribution in [0.5, 0.6) is 0 Å². The van der Waals surface area contributed by atoms with Crippen LogP contribution in [-0.2, 0) is 9.09 Å². The third kappa shape index (κ3) is 6.06. The molecule has 0 saturated heterocycles. The zero-order valence-electron chi connectivity index (χ0n) is 11.6. The van der Waals surface area contributed by atoms with Crippen molar-refractivity contribution < 1.29 is 9.09 Å². The Morgan fingerprint density at radius 1 is 1.00 bits per heavy atom. The van der Waals surface area contributed by atoms with Gasteiger partial charge < -0.3 is 4.52 Å². The molecule has 2 nitrogen and oxygen atoms in total. The van der Waals surface area contributed by atoms with Gasteiger partial charge in [-0.3, -0.25) is 4.57 Å².